The standard InChI is InChI=1S/C15H23ClN4.C13H20ClN5.C12H18ClN5.C11H16ClN5.2C10H14ClN5.C9H12ClN5.C9H13N5/c1-11(2)10-14(17)19-15(18)20(3)9-8-12-6-4-5-7-13(12)16;1-9(2)17-12(15)18-13(16)19(3)8-10-6-4-5-7-11(10)14;1-18(2)12(15)17-11(14)16-8-7-9-5-3-4-6-10(9)13;1-17(2)11(14)16-10(13)15-7-8-5-3-4-6-9(8)12;1-16(2)10(13)15-9(12)14-8-6-4-3-5-7(8)11;11-8-3-1-7(2-4-8)5-6-15-10(14)16-9(12)13;10-7-3-1-6(2-4-7)5-14-9(13)15-8(11)12;1-6-3-2-4-7(5-6)13-9(12)14-8(10)11/h4-7,11H,8-10H2,1-3H3,(H3,17,18,19);4-7,9H,8H2,1-3H3,(H4,15,16,17,18);3-6H,7-8H2,1-2H3,(H4,14,15,16,17);3-6H,7H2,1-2H3,(H4,13,14,15,16);3-6H,1-2H3,(H4,12,13,14,15);1-4H,5-6H2,(H6,12,13,14,15,16);1-4H,5H2,(H6,11,12,13,14,15);2-5H,1H3,(H6,10,11,12,13,14). The number of amidine groups is 1. The number of nitrogens with two attached hydrogens (primary N) is 18. The average Bonchev–Trinajstić information content (AvgIpc) is 0.865. The van der Waals surface area contributed by atoms with Gasteiger partial charge in [0.05, 0.1) is 29.5 Å². The summed E-state index contributed by atoms with van der Waals surface area (Å²) < 4.78 is 0. The molecule has 8 aromatic carbocycles. The number of aryl methyl sites for hydroxylation is 1. The molecule has 0 amide bonds. The summed E-state index contributed by atoms with van der Waals surface area (Å²) >= 11 is 41.6. The molecule has 37 N–H and O–H groups in total. The minimum atomic E-state index is -0.104. The Morgan fingerprint density at radius 2 is 0.719 bits per heavy atom. The number of para-hydroxylation sites is 1. The lowest BCUT2D eigenvalue weighted by Crippen LogP contribution is -2.35. The van der Waals surface area contributed by atoms with Crippen LogP contribution in [0.1, 0.15) is 73.1 Å². The number of nitrogens with zero attached hydrogens (tertiary/aromatic N) is 20. The van der Waals surface area contributed by atoms with Gasteiger partial charge in [0.15, 0.2) is 41.7 Å². The van der Waals surface area contributed by atoms with Crippen LogP contribution in [0.4, 0.5) is 11.4 Å². The number of aliphatic imine (C=N–C) groups is 15. The van der Waals surface area contributed by atoms with Crippen molar-refractivity contribution < 1.29 is 0 Å². The Morgan fingerprint density at radius 1 is 0.341 bits per heavy atom. The lowest BCUT2D eigenvalue weighted by molar-refractivity contribution is 0.495. The molecule has 0 aliphatic heterocycles. The average molecular weight is 1990 g/mol. The van der Waals surface area contributed by atoms with Crippen LogP contribution in [0.5, 0.6) is 0 Å². The van der Waals surface area contributed by atoms with Crippen molar-refractivity contribution in [2.24, 2.45) is 184 Å². The molecule has 0 aliphatic rings. The first-order chi connectivity index (χ1) is 63.5. The molecule has 46 heteroatoms. The molecule has 0 aliphatic carbocycles. The van der Waals surface area contributed by atoms with Crippen molar-refractivity contribution in [1.29, 1.82) is 5.41 Å². The zero-order valence-electron chi connectivity index (χ0n) is 78.2. The van der Waals surface area contributed by atoms with Gasteiger partial charge < -0.3 is 128 Å². The van der Waals surface area contributed by atoms with Crippen LogP contribution in [-0.4, -0.2) is 202 Å². The summed E-state index contributed by atoms with van der Waals surface area (Å²) in [5.41, 5.74) is 107. The Balaban J connectivity index is 0.000000773. The van der Waals surface area contributed by atoms with Crippen LogP contribution < -0.4 is 103 Å². The zero-order valence-corrected chi connectivity index (χ0v) is 83.5. The molecule has 8 aromatic rings. The SMILES string of the molecule is CC(C)CC(N)=NC(=N)N(C)CCc1ccccc1Cl.CC(C)N=C(N)N=C(N)N(C)Cc1ccccc1Cl.CN(C)C(N)=NC(N)=NCCc1ccccc1Cl.CN(C)C(N)=NC(N)=NCc1ccccc1Cl.CN(C)C(N)=NC(N)=Nc1ccccc1Cl.Cc1cccc(N=C(N)N=C(N)N)c1.NC(N)=NC(N)=NCCc1ccc(Cl)cc1.NC(N)=NC(N)=NCc1ccc(Cl)cc1. The first kappa shape index (κ1) is 119. The van der Waals surface area contributed by atoms with Gasteiger partial charge in [0.2, 0.25) is 47.7 Å². The van der Waals surface area contributed by atoms with Crippen LogP contribution in [0, 0.1) is 18.3 Å². The third-order valence-corrected chi connectivity index (χ3v) is 18.6. The first-order valence-electron chi connectivity index (χ1n) is 41.0. The fraction of sp³-hybridized carbons (Fsp3) is 0.281. The fourth-order valence-corrected chi connectivity index (χ4v) is 10.8. The predicted molar refractivity (Wildman–Crippen MR) is 573 cm³/mol. The van der Waals surface area contributed by atoms with Crippen molar-refractivity contribution in [1.82, 2.24) is 24.5 Å². The highest BCUT2D eigenvalue weighted by Gasteiger charge is 2.11. The summed E-state index contributed by atoms with van der Waals surface area (Å²) in [4.78, 5) is 67.6. The van der Waals surface area contributed by atoms with Crippen LogP contribution in [-0.2, 0) is 38.9 Å². The van der Waals surface area contributed by atoms with Gasteiger partial charge in [-0.15, -0.1) is 0 Å². The molecule has 0 unspecified atom stereocenters. The molecule has 39 nitrogen and oxygen atoms in total. The van der Waals surface area contributed by atoms with E-state index in [1.165, 1.54) is 0 Å². The molecule has 135 heavy (non-hydrogen) atoms. The Hall–Kier alpha value is -14.1. The van der Waals surface area contributed by atoms with Gasteiger partial charge in [-0.3, -0.25) is 15.4 Å². The van der Waals surface area contributed by atoms with Gasteiger partial charge >= 0.3 is 0 Å². The normalized spacial score (nSPS) is 12.0. The first-order valence-corrected chi connectivity index (χ1v) is 43.6. The largest absolute Gasteiger partial charge is 0.387 e. The van der Waals surface area contributed by atoms with E-state index in [9.17, 15) is 0 Å². The van der Waals surface area contributed by atoms with E-state index >= 15 is 0 Å². The molecule has 0 aromatic heterocycles. The van der Waals surface area contributed by atoms with Crippen molar-refractivity contribution in [3.05, 3.63) is 268 Å². The number of hydrogen-bond donors (Lipinski definition) is 19. The molecule has 8 rings (SSSR count). The van der Waals surface area contributed by atoms with E-state index in [-0.39, 0.29) is 77.6 Å². The molecular weight excluding hydrogens is 1860 g/mol. The Bertz CT molecular complexity index is 5420. The third kappa shape index (κ3) is 57.7. The van der Waals surface area contributed by atoms with E-state index in [1.54, 1.807) is 97.1 Å². The number of hydrogen-bond acceptors (Lipinski definition) is 8. The lowest BCUT2D eigenvalue weighted by atomic mass is 10.1. The molecule has 0 spiro atoms. The molecular formula is C89H130Cl7N39. The van der Waals surface area contributed by atoms with Gasteiger partial charge in [-0.2, -0.15) is 34.9 Å². The molecule has 0 radical (unpaired) electrons. The second-order valence-corrected chi connectivity index (χ2v) is 32.4. The summed E-state index contributed by atoms with van der Waals surface area (Å²) in [5.74, 6) is 2.84. The van der Waals surface area contributed by atoms with E-state index in [4.69, 9.17) is 190 Å². The van der Waals surface area contributed by atoms with Crippen LogP contribution in [0.25, 0.3) is 0 Å². The van der Waals surface area contributed by atoms with Gasteiger partial charge in [0.25, 0.3) is 0 Å². The van der Waals surface area contributed by atoms with E-state index in [0.29, 0.717) is 106 Å². The van der Waals surface area contributed by atoms with Crippen LogP contribution in [0.15, 0.2) is 269 Å². The monoisotopic (exact) mass is 1990 g/mol. The van der Waals surface area contributed by atoms with Crippen molar-refractivity contribution in [2.45, 2.75) is 86.0 Å². The van der Waals surface area contributed by atoms with Crippen LogP contribution >= 0.6 is 81.2 Å². The number of likely N-dealkylation sites (N-methyl/N-ethyl adjacent to an activating group) is 1. The summed E-state index contributed by atoms with van der Waals surface area (Å²) in [6.07, 6.45) is 2.97. The minimum absolute atomic E-state index is 0.0515. The molecule has 0 saturated heterocycles. The van der Waals surface area contributed by atoms with Gasteiger partial charge in [-0.25, -0.2) is 30.0 Å². The number of guanidine groups is 15. The quantitative estimate of drug-likeness (QED) is 0.0249. The van der Waals surface area contributed by atoms with Gasteiger partial charge in [0, 0.05) is 125 Å². The smallest absolute Gasteiger partial charge is 0.223 e. The van der Waals surface area contributed by atoms with E-state index in [0.717, 1.165) is 73.9 Å². The highest BCUT2D eigenvalue weighted by molar-refractivity contribution is 6.34. The van der Waals surface area contributed by atoms with Crippen LogP contribution in [0.2, 0.25) is 35.2 Å². The maximum absolute atomic E-state index is 7.91. The van der Waals surface area contributed by atoms with Gasteiger partial charge in [0.1, 0.15) is 5.84 Å². The highest BCUT2D eigenvalue weighted by atomic mass is 35.5. The number of rotatable bonds is 20. The topological polar surface area (TPSA) is 694 Å². The van der Waals surface area contributed by atoms with Crippen molar-refractivity contribution >= 4 is 188 Å². The summed E-state index contributed by atoms with van der Waals surface area (Å²) in [5, 5.41) is 12.7. The second kappa shape index (κ2) is 66.3. The summed E-state index contributed by atoms with van der Waals surface area (Å²) in [7, 11) is 14.3. The maximum atomic E-state index is 7.91. The summed E-state index contributed by atoms with van der Waals surface area (Å²) in [6.45, 7) is 13.1. The van der Waals surface area contributed by atoms with E-state index in [1.807, 2.05) is 199 Å². The van der Waals surface area contributed by atoms with Crippen molar-refractivity contribution in [2.75, 3.05) is 76.0 Å². The third-order valence-electron chi connectivity index (χ3n) is 16.3. The van der Waals surface area contributed by atoms with E-state index in [2.05, 4.69) is 88.7 Å². The van der Waals surface area contributed by atoms with Crippen LogP contribution in [0.3, 0.4) is 0 Å². The van der Waals surface area contributed by atoms with E-state index < -0.39 is 0 Å². The number of halogens is 7. The van der Waals surface area contributed by atoms with Crippen molar-refractivity contribution in [3.63, 3.8) is 0 Å². The molecule has 0 fully saturated rings. The predicted octanol–water partition coefficient (Wildman–Crippen LogP) is 9.34. The number of benzene rings is 8. The molecule has 730 valence electrons. The minimum Gasteiger partial charge on any atom is -0.387 e. The Morgan fingerprint density at radius 3 is 1.16 bits per heavy atom. The van der Waals surface area contributed by atoms with Gasteiger partial charge in [-0.1, -0.05) is 216 Å². The molecule has 0 heterocycles. The fourth-order valence-electron chi connectivity index (χ4n) is 9.47. The van der Waals surface area contributed by atoms with Gasteiger partial charge in [-0.05, 0) is 158 Å². The molecule has 0 atom stereocenters. The Labute approximate surface area is 826 Å². The maximum Gasteiger partial charge on any atom is 0.223 e. The van der Waals surface area contributed by atoms with Crippen molar-refractivity contribution in [3.8, 4) is 0 Å². The highest BCUT2D eigenvalue weighted by Crippen LogP contribution is 2.25. The summed E-state index contributed by atoms with van der Waals surface area (Å²) in [6, 6.07) is 60.0. The molecule has 0 saturated carbocycles. The number of nitrogens with one attached hydrogen (secondary N) is 1. The Kier molecular flexibility index (Phi) is 58.4. The second-order valence-electron chi connectivity index (χ2n) is 29.5. The lowest BCUT2D eigenvalue weighted by Gasteiger charge is -2.18. The molecule has 0 bridgehead atoms. The zero-order chi connectivity index (χ0) is 102.